The molecule has 1 fully saturated rings. The Bertz CT molecular complexity index is 253. The van der Waals surface area contributed by atoms with Gasteiger partial charge < -0.3 is 15.5 Å². The molecule has 1 aliphatic heterocycles. The molecule has 0 radical (unpaired) electrons. The quantitative estimate of drug-likeness (QED) is 0.819. The van der Waals surface area contributed by atoms with Crippen LogP contribution in [0.5, 0.6) is 0 Å². The van der Waals surface area contributed by atoms with E-state index in [1.165, 1.54) is 6.42 Å². The molecule has 1 aliphatic rings. The summed E-state index contributed by atoms with van der Waals surface area (Å²) < 4.78 is 0. The van der Waals surface area contributed by atoms with Crippen molar-refractivity contribution in [1.29, 1.82) is 0 Å². The zero-order chi connectivity index (χ0) is 13.5. The average Bonchev–Trinajstić information content (AvgIpc) is 2.38. The van der Waals surface area contributed by atoms with Crippen molar-refractivity contribution in [2.45, 2.75) is 52.5 Å². The molecule has 1 saturated heterocycles. The fourth-order valence-corrected chi connectivity index (χ4v) is 2.85. The lowest BCUT2D eigenvalue weighted by molar-refractivity contribution is 0.113. The summed E-state index contributed by atoms with van der Waals surface area (Å²) in [6.45, 7) is 9.55. The van der Waals surface area contributed by atoms with Gasteiger partial charge >= 0.3 is 6.03 Å². The normalized spacial score (nSPS) is 20.3. The molecule has 1 rings (SSSR count). The molecule has 1 heterocycles. The summed E-state index contributed by atoms with van der Waals surface area (Å²) in [5.41, 5.74) is 5.66. The van der Waals surface area contributed by atoms with E-state index in [2.05, 4.69) is 20.8 Å². The van der Waals surface area contributed by atoms with E-state index in [0.717, 1.165) is 32.4 Å². The van der Waals surface area contributed by atoms with Crippen LogP contribution in [0.4, 0.5) is 4.79 Å². The van der Waals surface area contributed by atoms with Gasteiger partial charge in [-0.1, -0.05) is 20.8 Å². The molecule has 4 nitrogen and oxygen atoms in total. The van der Waals surface area contributed by atoms with E-state index in [4.69, 9.17) is 5.73 Å². The molecule has 0 spiro atoms. The molecular formula is C14H29N3O. The molecule has 18 heavy (non-hydrogen) atoms. The lowest BCUT2D eigenvalue weighted by atomic mass is 10.0. The van der Waals surface area contributed by atoms with Gasteiger partial charge in [-0.25, -0.2) is 4.79 Å². The highest BCUT2D eigenvalue weighted by atomic mass is 16.2. The topological polar surface area (TPSA) is 49.6 Å². The van der Waals surface area contributed by atoms with E-state index < -0.39 is 0 Å². The number of urea groups is 1. The van der Waals surface area contributed by atoms with Crippen molar-refractivity contribution in [2.24, 2.45) is 11.7 Å². The maximum absolute atomic E-state index is 12.6. The molecular weight excluding hydrogens is 226 g/mol. The predicted molar refractivity (Wildman–Crippen MR) is 75.5 cm³/mol. The van der Waals surface area contributed by atoms with Crippen molar-refractivity contribution in [3.8, 4) is 0 Å². The Morgan fingerprint density at radius 1 is 1.44 bits per heavy atom. The Morgan fingerprint density at radius 2 is 2.11 bits per heavy atom. The predicted octanol–water partition coefficient (Wildman–Crippen LogP) is 2.29. The van der Waals surface area contributed by atoms with Crippen LogP contribution in [0.15, 0.2) is 0 Å². The van der Waals surface area contributed by atoms with Crippen LogP contribution in [0.2, 0.25) is 0 Å². The Hall–Kier alpha value is -0.770. The SMILES string of the molecule is CCC(CC)N(CCN)C(=O)N1CCCC(C)C1. The fraction of sp³-hybridized carbons (Fsp3) is 0.929. The molecule has 0 aliphatic carbocycles. The number of carbonyl (C=O) groups excluding carboxylic acids is 1. The summed E-state index contributed by atoms with van der Waals surface area (Å²) in [5, 5.41) is 0. The van der Waals surface area contributed by atoms with Gasteiger partial charge in [0.05, 0.1) is 0 Å². The molecule has 4 heteroatoms. The minimum atomic E-state index is 0.195. The lowest BCUT2D eigenvalue weighted by Crippen LogP contribution is -2.52. The third-order valence-electron chi connectivity index (χ3n) is 3.93. The van der Waals surface area contributed by atoms with Gasteiger partial charge in [0, 0.05) is 32.2 Å². The van der Waals surface area contributed by atoms with Crippen LogP contribution in [0.1, 0.15) is 46.5 Å². The summed E-state index contributed by atoms with van der Waals surface area (Å²) >= 11 is 0. The first-order valence-electron chi connectivity index (χ1n) is 7.39. The number of hydrogen-bond donors (Lipinski definition) is 1. The van der Waals surface area contributed by atoms with E-state index in [0.29, 0.717) is 25.0 Å². The second kappa shape index (κ2) is 7.62. The third-order valence-corrected chi connectivity index (χ3v) is 3.93. The zero-order valence-corrected chi connectivity index (χ0v) is 12.2. The number of hydrogen-bond acceptors (Lipinski definition) is 2. The van der Waals surface area contributed by atoms with Gasteiger partial charge in [-0.15, -0.1) is 0 Å². The first kappa shape index (κ1) is 15.3. The van der Waals surface area contributed by atoms with Crippen molar-refractivity contribution in [3.63, 3.8) is 0 Å². The summed E-state index contributed by atoms with van der Waals surface area (Å²) in [5.74, 6) is 0.629. The lowest BCUT2D eigenvalue weighted by Gasteiger charge is -2.38. The van der Waals surface area contributed by atoms with Gasteiger partial charge in [0.25, 0.3) is 0 Å². The van der Waals surface area contributed by atoms with E-state index in [1.54, 1.807) is 0 Å². The molecule has 2 amide bonds. The Labute approximate surface area is 111 Å². The van der Waals surface area contributed by atoms with E-state index in [9.17, 15) is 4.79 Å². The zero-order valence-electron chi connectivity index (χ0n) is 12.2. The van der Waals surface area contributed by atoms with Crippen LogP contribution in [-0.4, -0.2) is 48.1 Å². The largest absolute Gasteiger partial charge is 0.329 e. The Balaban J connectivity index is 2.68. The van der Waals surface area contributed by atoms with Crippen LogP contribution >= 0.6 is 0 Å². The van der Waals surface area contributed by atoms with Crippen molar-refractivity contribution < 1.29 is 4.79 Å². The molecule has 1 unspecified atom stereocenters. The first-order chi connectivity index (χ1) is 8.63. The van der Waals surface area contributed by atoms with Crippen LogP contribution < -0.4 is 5.73 Å². The van der Waals surface area contributed by atoms with Gasteiger partial charge in [0.1, 0.15) is 0 Å². The van der Waals surface area contributed by atoms with Gasteiger partial charge in [-0.3, -0.25) is 0 Å². The minimum Gasteiger partial charge on any atom is -0.329 e. The Morgan fingerprint density at radius 3 is 2.61 bits per heavy atom. The van der Waals surface area contributed by atoms with E-state index in [-0.39, 0.29) is 6.03 Å². The van der Waals surface area contributed by atoms with Gasteiger partial charge in [-0.2, -0.15) is 0 Å². The first-order valence-corrected chi connectivity index (χ1v) is 7.39. The number of piperidine rings is 1. The molecule has 0 bridgehead atoms. The molecule has 0 aromatic heterocycles. The van der Waals surface area contributed by atoms with E-state index in [1.807, 2.05) is 9.80 Å². The maximum Gasteiger partial charge on any atom is 0.320 e. The van der Waals surface area contributed by atoms with Crippen molar-refractivity contribution in [2.75, 3.05) is 26.2 Å². The molecule has 2 N–H and O–H groups in total. The van der Waals surface area contributed by atoms with Crippen LogP contribution in [-0.2, 0) is 0 Å². The number of likely N-dealkylation sites (tertiary alicyclic amines) is 1. The summed E-state index contributed by atoms with van der Waals surface area (Å²) in [6.07, 6.45) is 4.38. The minimum absolute atomic E-state index is 0.195. The van der Waals surface area contributed by atoms with Crippen molar-refractivity contribution in [1.82, 2.24) is 9.80 Å². The summed E-state index contributed by atoms with van der Waals surface area (Å²) in [4.78, 5) is 16.6. The Kier molecular flexibility index (Phi) is 6.47. The highest BCUT2D eigenvalue weighted by Gasteiger charge is 2.28. The number of rotatable bonds is 5. The molecule has 0 aromatic rings. The average molecular weight is 255 g/mol. The third kappa shape index (κ3) is 3.87. The maximum atomic E-state index is 12.6. The van der Waals surface area contributed by atoms with Gasteiger partial charge in [-0.05, 0) is 31.6 Å². The smallest absolute Gasteiger partial charge is 0.320 e. The van der Waals surface area contributed by atoms with E-state index >= 15 is 0 Å². The molecule has 106 valence electrons. The van der Waals surface area contributed by atoms with Crippen molar-refractivity contribution in [3.05, 3.63) is 0 Å². The summed E-state index contributed by atoms with van der Waals surface area (Å²) in [7, 11) is 0. The molecule has 0 aromatic carbocycles. The number of carbonyl (C=O) groups is 1. The highest BCUT2D eigenvalue weighted by Crippen LogP contribution is 2.19. The second-order valence-corrected chi connectivity index (χ2v) is 5.43. The highest BCUT2D eigenvalue weighted by molar-refractivity contribution is 5.75. The van der Waals surface area contributed by atoms with Crippen LogP contribution in [0.3, 0.4) is 0 Å². The van der Waals surface area contributed by atoms with Gasteiger partial charge in [0.15, 0.2) is 0 Å². The standard InChI is InChI=1S/C14H29N3O/c1-4-13(5-2)17(10-8-15)14(18)16-9-6-7-12(3)11-16/h12-13H,4-11,15H2,1-3H3. The fourth-order valence-electron chi connectivity index (χ4n) is 2.85. The molecule has 0 saturated carbocycles. The van der Waals surface area contributed by atoms with Crippen LogP contribution in [0.25, 0.3) is 0 Å². The number of nitrogens with zero attached hydrogens (tertiary/aromatic N) is 2. The van der Waals surface area contributed by atoms with Crippen LogP contribution in [0, 0.1) is 5.92 Å². The molecule has 1 atom stereocenters. The monoisotopic (exact) mass is 255 g/mol. The van der Waals surface area contributed by atoms with Crippen molar-refractivity contribution >= 4 is 6.03 Å². The number of nitrogens with two attached hydrogens (primary N) is 1. The summed E-state index contributed by atoms with van der Waals surface area (Å²) in [6, 6.07) is 0.527. The van der Waals surface area contributed by atoms with Gasteiger partial charge in [0.2, 0.25) is 0 Å². The second-order valence-electron chi connectivity index (χ2n) is 5.43. The number of amides is 2.